The molecule has 0 heterocycles. The Morgan fingerprint density at radius 1 is 1.10 bits per heavy atom. The fourth-order valence-corrected chi connectivity index (χ4v) is 3.18. The molecule has 0 bridgehead atoms. The predicted molar refractivity (Wildman–Crippen MR) is 77.5 cm³/mol. The van der Waals surface area contributed by atoms with Gasteiger partial charge in [-0.25, -0.2) is 12.8 Å². The molecule has 0 saturated carbocycles. The Balaban J connectivity index is 2.38. The Morgan fingerprint density at radius 3 is 2.40 bits per heavy atom. The number of anilines is 2. The second-order valence-electron chi connectivity index (χ2n) is 4.61. The first-order valence-corrected chi connectivity index (χ1v) is 7.43. The Bertz CT molecular complexity index is 758. The van der Waals surface area contributed by atoms with Gasteiger partial charge in [0, 0.05) is 6.07 Å². The fourth-order valence-electron chi connectivity index (χ4n) is 1.90. The summed E-state index contributed by atoms with van der Waals surface area (Å²) in [6.45, 7) is 3.59. The zero-order valence-corrected chi connectivity index (χ0v) is 12.0. The van der Waals surface area contributed by atoms with Crippen molar-refractivity contribution in [3.63, 3.8) is 0 Å². The maximum atomic E-state index is 13.3. The molecular formula is C14H15FN2O2S. The van der Waals surface area contributed by atoms with E-state index in [2.05, 4.69) is 4.72 Å². The molecule has 0 atom stereocenters. The van der Waals surface area contributed by atoms with Gasteiger partial charge in [-0.15, -0.1) is 0 Å². The molecule has 0 fully saturated rings. The van der Waals surface area contributed by atoms with Crippen LogP contribution in [0, 0.1) is 19.7 Å². The van der Waals surface area contributed by atoms with Gasteiger partial charge >= 0.3 is 0 Å². The van der Waals surface area contributed by atoms with Crippen molar-refractivity contribution in [3.05, 3.63) is 53.3 Å². The summed E-state index contributed by atoms with van der Waals surface area (Å²) in [6, 6.07) is 8.80. The molecule has 2 aromatic rings. The smallest absolute Gasteiger partial charge is 0.262 e. The van der Waals surface area contributed by atoms with E-state index >= 15 is 0 Å². The summed E-state index contributed by atoms with van der Waals surface area (Å²) in [5.41, 5.74) is 7.06. The van der Waals surface area contributed by atoms with E-state index in [-0.39, 0.29) is 16.3 Å². The first-order valence-electron chi connectivity index (χ1n) is 5.95. The number of benzene rings is 2. The van der Waals surface area contributed by atoms with Crippen molar-refractivity contribution in [2.45, 2.75) is 18.7 Å². The molecule has 0 unspecified atom stereocenters. The quantitative estimate of drug-likeness (QED) is 0.855. The number of nitrogens with two attached hydrogens (primary N) is 1. The van der Waals surface area contributed by atoms with Crippen molar-refractivity contribution in [1.82, 2.24) is 0 Å². The molecule has 6 heteroatoms. The Kier molecular flexibility index (Phi) is 3.67. The van der Waals surface area contributed by atoms with Gasteiger partial charge in [0.1, 0.15) is 5.82 Å². The van der Waals surface area contributed by atoms with Crippen LogP contribution < -0.4 is 10.5 Å². The molecule has 2 rings (SSSR count). The molecule has 0 aromatic heterocycles. The van der Waals surface area contributed by atoms with Gasteiger partial charge in [0.15, 0.2) is 0 Å². The van der Waals surface area contributed by atoms with Crippen molar-refractivity contribution in [1.29, 1.82) is 0 Å². The normalized spacial score (nSPS) is 11.3. The highest BCUT2D eigenvalue weighted by atomic mass is 32.2. The first kappa shape index (κ1) is 14.3. The van der Waals surface area contributed by atoms with E-state index in [0.29, 0.717) is 5.56 Å². The number of hydrogen-bond donors (Lipinski definition) is 2. The fraction of sp³-hybridized carbons (Fsp3) is 0.143. The molecule has 0 saturated heterocycles. The highest BCUT2D eigenvalue weighted by molar-refractivity contribution is 7.92. The number of halogens is 1. The summed E-state index contributed by atoms with van der Waals surface area (Å²) >= 11 is 0. The number of nitrogen functional groups attached to an aromatic ring is 1. The third-order valence-corrected chi connectivity index (χ3v) is 4.41. The minimum atomic E-state index is -3.75. The summed E-state index contributed by atoms with van der Waals surface area (Å²) in [6.07, 6.45) is 0. The van der Waals surface area contributed by atoms with E-state index in [1.165, 1.54) is 18.2 Å². The molecule has 4 nitrogen and oxygen atoms in total. The average Bonchev–Trinajstić information content (AvgIpc) is 2.33. The average molecular weight is 294 g/mol. The topological polar surface area (TPSA) is 72.2 Å². The lowest BCUT2D eigenvalue weighted by Gasteiger charge is -2.11. The first-order chi connectivity index (χ1) is 9.29. The molecule has 3 N–H and O–H groups in total. The lowest BCUT2D eigenvalue weighted by molar-refractivity contribution is 0.600. The summed E-state index contributed by atoms with van der Waals surface area (Å²) in [5, 5.41) is 0. The second kappa shape index (κ2) is 5.13. The highest BCUT2D eigenvalue weighted by Crippen LogP contribution is 2.22. The monoisotopic (exact) mass is 294 g/mol. The van der Waals surface area contributed by atoms with Crippen molar-refractivity contribution in [2.24, 2.45) is 0 Å². The Hall–Kier alpha value is -2.08. The Morgan fingerprint density at radius 2 is 1.80 bits per heavy atom. The molecule has 0 aliphatic heterocycles. The van der Waals surface area contributed by atoms with Crippen molar-refractivity contribution >= 4 is 21.4 Å². The Labute approximate surface area is 117 Å². The number of rotatable bonds is 3. The van der Waals surface area contributed by atoms with Gasteiger partial charge in [0.05, 0.1) is 16.3 Å². The van der Waals surface area contributed by atoms with Crippen LogP contribution in [-0.2, 0) is 10.0 Å². The van der Waals surface area contributed by atoms with Gasteiger partial charge in [-0.05, 0) is 37.6 Å². The molecule has 2 aromatic carbocycles. The molecule has 0 aliphatic carbocycles. The standard InChI is InChI=1S/C14H15FN2O2S/c1-9-3-6-14(10(2)7-9)20(18,19)17-11-4-5-13(16)12(15)8-11/h3-8,17H,16H2,1-2H3. The third-order valence-electron chi connectivity index (χ3n) is 2.87. The summed E-state index contributed by atoms with van der Waals surface area (Å²) < 4.78 is 40.2. The number of aryl methyl sites for hydroxylation is 2. The van der Waals surface area contributed by atoms with E-state index < -0.39 is 15.8 Å². The molecule has 0 aliphatic rings. The van der Waals surface area contributed by atoms with E-state index in [0.717, 1.165) is 11.6 Å². The van der Waals surface area contributed by atoms with Gasteiger partial charge in [0.25, 0.3) is 10.0 Å². The van der Waals surface area contributed by atoms with Gasteiger partial charge in [-0.1, -0.05) is 17.7 Å². The molecule has 20 heavy (non-hydrogen) atoms. The van der Waals surface area contributed by atoms with Gasteiger partial charge in [0.2, 0.25) is 0 Å². The van der Waals surface area contributed by atoms with Crippen LogP contribution in [-0.4, -0.2) is 8.42 Å². The molecule has 0 amide bonds. The number of nitrogens with one attached hydrogen (secondary N) is 1. The minimum Gasteiger partial charge on any atom is -0.396 e. The lowest BCUT2D eigenvalue weighted by Crippen LogP contribution is -2.14. The molecule has 106 valence electrons. The van der Waals surface area contributed by atoms with Crippen LogP contribution in [0.2, 0.25) is 0 Å². The van der Waals surface area contributed by atoms with Crippen LogP contribution in [0.25, 0.3) is 0 Å². The maximum absolute atomic E-state index is 13.3. The van der Waals surface area contributed by atoms with Crippen LogP contribution >= 0.6 is 0 Å². The minimum absolute atomic E-state index is 0.0283. The van der Waals surface area contributed by atoms with Crippen LogP contribution in [0.3, 0.4) is 0 Å². The van der Waals surface area contributed by atoms with E-state index in [1.807, 2.05) is 6.92 Å². The zero-order valence-electron chi connectivity index (χ0n) is 11.1. The van der Waals surface area contributed by atoms with Crippen LogP contribution in [0.4, 0.5) is 15.8 Å². The number of hydrogen-bond acceptors (Lipinski definition) is 3. The van der Waals surface area contributed by atoms with Crippen LogP contribution in [0.1, 0.15) is 11.1 Å². The molecular weight excluding hydrogens is 279 g/mol. The van der Waals surface area contributed by atoms with E-state index in [1.54, 1.807) is 19.1 Å². The van der Waals surface area contributed by atoms with Crippen LogP contribution in [0.5, 0.6) is 0 Å². The van der Waals surface area contributed by atoms with Crippen LogP contribution in [0.15, 0.2) is 41.3 Å². The largest absolute Gasteiger partial charge is 0.396 e. The van der Waals surface area contributed by atoms with Gasteiger partial charge < -0.3 is 5.73 Å². The summed E-state index contributed by atoms with van der Waals surface area (Å²) in [5.74, 6) is -0.661. The van der Waals surface area contributed by atoms with Crippen molar-refractivity contribution in [3.8, 4) is 0 Å². The maximum Gasteiger partial charge on any atom is 0.262 e. The van der Waals surface area contributed by atoms with Gasteiger partial charge in [-0.3, -0.25) is 4.72 Å². The zero-order chi connectivity index (χ0) is 14.9. The third kappa shape index (κ3) is 2.91. The predicted octanol–water partition coefficient (Wildman–Crippen LogP) is 2.83. The highest BCUT2D eigenvalue weighted by Gasteiger charge is 2.17. The lowest BCUT2D eigenvalue weighted by atomic mass is 10.2. The van der Waals surface area contributed by atoms with Crippen molar-refractivity contribution < 1.29 is 12.8 Å². The summed E-state index contributed by atoms with van der Waals surface area (Å²) in [4.78, 5) is 0.167. The SMILES string of the molecule is Cc1ccc(S(=O)(=O)Nc2ccc(N)c(F)c2)c(C)c1. The van der Waals surface area contributed by atoms with E-state index in [4.69, 9.17) is 5.73 Å². The van der Waals surface area contributed by atoms with Crippen molar-refractivity contribution in [2.75, 3.05) is 10.5 Å². The second-order valence-corrected chi connectivity index (χ2v) is 6.26. The van der Waals surface area contributed by atoms with Gasteiger partial charge in [-0.2, -0.15) is 0 Å². The summed E-state index contributed by atoms with van der Waals surface area (Å²) in [7, 11) is -3.75. The van der Waals surface area contributed by atoms with E-state index in [9.17, 15) is 12.8 Å². The molecule has 0 spiro atoms. The molecule has 0 radical (unpaired) electrons. The number of sulfonamides is 1.